The summed E-state index contributed by atoms with van der Waals surface area (Å²) in [6.07, 6.45) is 11.1. The smallest absolute Gasteiger partial charge is 0.193 e. The van der Waals surface area contributed by atoms with Gasteiger partial charge in [-0.05, 0) is 53.4 Å². The van der Waals surface area contributed by atoms with Crippen molar-refractivity contribution in [2.45, 2.75) is 120 Å². The Morgan fingerprint density at radius 2 is 1.74 bits per heavy atom. The Bertz CT molecular complexity index is 1330. The summed E-state index contributed by atoms with van der Waals surface area (Å²) in [4.78, 5) is 0. The summed E-state index contributed by atoms with van der Waals surface area (Å²) in [5.74, 6) is 0. The molecule has 0 unspecified atom stereocenters. The van der Waals surface area contributed by atoms with Crippen molar-refractivity contribution in [2.24, 2.45) is 0 Å². The summed E-state index contributed by atoms with van der Waals surface area (Å²) in [5, 5.41) is 2.53. The molecule has 0 aliphatic carbocycles. The Labute approximate surface area is 258 Å². The van der Waals surface area contributed by atoms with E-state index in [0.717, 1.165) is 18.4 Å². The highest BCUT2D eigenvalue weighted by Crippen LogP contribution is 2.42. The van der Waals surface area contributed by atoms with Crippen molar-refractivity contribution in [3.63, 3.8) is 0 Å². The van der Waals surface area contributed by atoms with Gasteiger partial charge in [0.15, 0.2) is 8.32 Å². The zero-order valence-electron chi connectivity index (χ0n) is 26.3. The lowest BCUT2D eigenvalue weighted by Crippen LogP contribution is -2.64. The Morgan fingerprint density at radius 1 is 0.930 bits per heavy atom. The fraction of sp³-hybridized carbons (Fsp3) is 0.556. The zero-order chi connectivity index (χ0) is 30.2. The van der Waals surface area contributed by atoms with Crippen LogP contribution < -0.4 is 0 Å². The first-order valence-electron chi connectivity index (χ1n) is 15.9. The molecule has 6 nitrogen and oxygen atoms in total. The van der Waals surface area contributed by atoms with E-state index < -0.39 is 8.32 Å². The molecule has 2 aromatic carbocycles. The molecule has 4 heterocycles. The molecular formula is C36H48O6Si. The van der Waals surface area contributed by atoms with Crippen molar-refractivity contribution in [1.29, 1.82) is 0 Å². The molecule has 9 atom stereocenters. The minimum absolute atomic E-state index is 0.0942. The van der Waals surface area contributed by atoms with Gasteiger partial charge >= 0.3 is 0 Å². The lowest BCUT2D eigenvalue weighted by molar-refractivity contribution is -0.295. The standard InChI is InChI=1S/C36H48O6Si/c1-7-12-27-29(42-43(5,6)36(2,3)4)19-18-28-31(39-27)22-32-34(41-28)35(33-30(40-32)15-10-11-20-37-33)38-23-24-16-17-25-13-8-9-14-26(25)21-24/h7-11,13-14,16-19,21,27-35H,1,12,15,20,22-23H2,2-6H3/t27-,28-,29+,30+,31+,32-,33+,34-,35-/m1/s1. The molecule has 2 aromatic rings. The Hall–Kier alpha value is -2.10. The number of hydrogen-bond acceptors (Lipinski definition) is 6. The Balaban J connectivity index is 1.24. The van der Waals surface area contributed by atoms with Crippen molar-refractivity contribution in [2.75, 3.05) is 6.61 Å². The summed E-state index contributed by atoms with van der Waals surface area (Å²) >= 11 is 0. The molecule has 4 aliphatic rings. The van der Waals surface area contributed by atoms with Crippen LogP contribution in [0.15, 0.2) is 79.4 Å². The number of rotatable bonds is 7. The van der Waals surface area contributed by atoms with Gasteiger partial charge in [0.25, 0.3) is 0 Å². The van der Waals surface area contributed by atoms with Gasteiger partial charge in [0.05, 0.1) is 43.7 Å². The average molecular weight is 605 g/mol. The minimum Gasteiger partial charge on any atom is -0.408 e. The molecule has 0 radical (unpaired) electrons. The van der Waals surface area contributed by atoms with E-state index in [1.807, 2.05) is 6.08 Å². The van der Waals surface area contributed by atoms with Gasteiger partial charge in [-0.2, -0.15) is 0 Å². The van der Waals surface area contributed by atoms with Crippen molar-refractivity contribution >= 4 is 19.1 Å². The normalized spacial score (nSPS) is 34.5. The predicted octanol–water partition coefficient (Wildman–Crippen LogP) is 7.29. The van der Waals surface area contributed by atoms with Gasteiger partial charge in [-0.3, -0.25) is 0 Å². The molecule has 232 valence electrons. The summed E-state index contributed by atoms with van der Waals surface area (Å²) in [6.45, 7) is 16.4. The maximum atomic E-state index is 6.88. The first-order valence-corrected chi connectivity index (χ1v) is 18.8. The number of ether oxygens (including phenoxy) is 5. The first-order chi connectivity index (χ1) is 20.6. The van der Waals surface area contributed by atoms with Crippen LogP contribution in [0.1, 0.15) is 45.6 Å². The van der Waals surface area contributed by atoms with Crippen LogP contribution in [0.3, 0.4) is 0 Å². The molecule has 0 bridgehead atoms. The number of fused-ring (bicyclic) bond motifs is 4. The van der Waals surface area contributed by atoms with Crippen LogP contribution in [0.5, 0.6) is 0 Å². The van der Waals surface area contributed by atoms with E-state index >= 15 is 0 Å². The van der Waals surface area contributed by atoms with Gasteiger partial charge in [0.2, 0.25) is 0 Å². The summed E-state index contributed by atoms with van der Waals surface area (Å²) < 4.78 is 40.4. The highest BCUT2D eigenvalue weighted by atomic mass is 28.4. The second-order valence-electron chi connectivity index (χ2n) is 13.9. The lowest BCUT2D eigenvalue weighted by Gasteiger charge is -2.50. The fourth-order valence-corrected chi connectivity index (χ4v) is 7.74. The van der Waals surface area contributed by atoms with Gasteiger partial charge in [-0.15, -0.1) is 6.58 Å². The lowest BCUT2D eigenvalue weighted by atomic mass is 9.87. The van der Waals surface area contributed by atoms with Crippen LogP contribution in [0, 0.1) is 0 Å². The third kappa shape index (κ3) is 6.64. The summed E-state index contributed by atoms with van der Waals surface area (Å²) in [5.41, 5.74) is 1.13. The maximum Gasteiger partial charge on any atom is 0.193 e. The monoisotopic (exact) mass is 604 g/mol. The highest BCUT2D eigenvalue weighted by Gasteiger charge is 2.53. The van der Waals surface area contributed by atoms with Crippen LogP contribution >= 0.6 is 0 Å². The quantitative estimate of drug-likeness (QED) is 0.245. The van der Waals surface area contributed by atoms with Crippen molar-refractivity contribution in [1.82, 2.24) is 0 Å². The van der Waals surface area contributed by atoms with Gasteiger partial charge < -0.3 is 28.1 Å². The van der Waals surface area contributed by atoms with E-state index in [1.54, 1.807) is 0 Å². The van der Waals surface area contributed by atoms with E-state index in [2.05, 4.69) is 107 Å². The molecule has 0 saturated carbocycles. The van der Waals surface area contributed by atoms with Gasteiger partial charge in [0.1, 0.15) is 24.4 Å². The first kappa shape index (κ1) is 30.9. The second-order valence-corrected chi connectivity index (χ2v) is 18.7. The molecule has 2 fully saturated rings. The maximum absolute atomic E-state index is 6.88. The largest absolute Gasteiger partial charge is 0.408 e. The minimum atomic E-state index is -2.04. The molecule has 0 spiro atoms. The Kier molecular flexibility index (Phi) is 9.14. The Morgan fingerprint density at radius 3 is 2.53 bits per heavy atom. The third-order valence-corrected chi connectivity index (χ3v) is 14.4. The second kappa shape index (κ2) is 12.7. The predicted molar refractivity (Wildman–Crippen MR) is 173 cm³/mol. The molecular weight excluding hydrogens is 556 g/mol. The van der Waals surface area contributed by atoms with Gasteiger partial charge in [-0.25, -0.2) is 0 Å². The topological polar surface area (TPSA) is 55.4 Å². The molecule has 0 amide bonds. The van der Waals surface area contributed by atoms with E-state index in [4.69, 9.17) is 28.1 Å². The van der Waals surface area contributed by atoms with Crippen LogP contribution in [-0.4, -0.2) is 69.9 Å². The van der Waals surface area contributed by atoms with Crippen molar-refractivity contribution in [3.8, 4) is 0 Å². The number of hydrogen-bond donors (Lipinski definition) is 0. The van der Waals surface area contributed by atoms with E-state index in [-0.39, 0.29) is 60.0 Å². The SMILES string of the molecule is C=CC[C@H]1O[C@H]2C[C@H]3O[C@H]4CC=CCO[C@@H]4[C@@H](OCc4ccc5ccccc5c4)[C@@H]3O[C@@H]2C=C[C@@H]1O[Si](C)(C)C(C)(C)C. The average Bonchev–Trinajstić information content (AvgIpc) is 3.30. The van der Waals surface area contributed by atoms with E-state index in [9.17, 15) is 0 Å². The van der Waals surface area contributed by atoms with Crippen molar-refractivity contribution < 1.29 is 28.1 Å². The molecule has 2 saturated heterocycles. The zero-order valence-corrected chi connectivity index (χ0v) is 27.3. The molecule has 7 heteroatoms. The van der Waals surface area contributed by atoms with Gasteiger partial charge in [0, 0.05) is 6.42 Å². The van der Waals surface area contributed by atoms with Crippen LogP contribution in [-0.2, 0) is 34.7 Å². The number of benzene rings is 2. The van der Waals surface area contributed by atoms with Crippen LogP contribution in [0.4, 0.5) is 0 Å². The summed E-state index contributed by atoms with van der Waals surface area (Å²) in [6, 6.07) is 14.9. The summed E-state index contributed by atoms with van der Waals surface area (Å²) in [7, 11) is -2.04. The highest BCUT2D eigenvalue weighted by molar-refractivity contribution is 6.74. The molecule has 6 rings (SSSR count). The van der Waals surface area contributed by atoms with E-state index in [0.29, 0.717) is 19.6 Å². The molecule has 4 aliphatic heterocycles. The molecule has 0 N–H and O–H groups in total. The third-order valence-electron chi connectivity index (χ3n) is 9.89. The molecule has 43 heavy (non-hydrogen) atoms. The van der Waals surface area contributed by atoms with Gasteiger partial charge in [-0.1, -0.05) is 87.5 Å². The van der Waals surface area contributed by atoms with Crippen molar-refractivity contribution in [3.05, 3.63) is 85.0 Å². The molecule has 0 aromatic heterocycles. The van der Waals surface area contributed by atoms with E-state index in [1.165, 1.54) is 10.8 Å². The van der Waals surface area contributed by atoms with Crippen LogP contribution in [0.2, 0.25) is 18.1 Å². The van der Waals surface area contributed by atoms with Crippen LogP contribution in [0.25, 0.3) is 10.8 Å². The fourth-order valence-electron chi connectivity index (χ4n) is 6.48.